The van der Waals surface area contributed by atoms with Gasteiger partial charge in [0.2, 0.25) is 0 Å². The maximum absolute atomic E-state index is 13.1. The zero-order valence-corrected chi connectivity index (χ0v) is 10.4. The highest BCUT2D eigenvalue weighted by atomic mass is 19.4. The van der Waals surface area contributed by atoms with Gasteiger partial charge in [0, 0.05) is 13.8 Å². The van der Waals surface area contributed by atoms with Crippen LogP contribution in [0.5, 0.6) is 0 Å². The van der Waals surface area contributed by atoms with Crippen molar-refractivity contribution in [2.24, 2.45) is 0 Å². The molecule has 0 rings (SSSR count). The minimum Gasteiger partial charge on any atom is -0.272 e. The van der Waals surface area contributed by atoms with E-state index in [4.69, 9.17) is 0 Å². The van der Waals surface area contributed by atoms with Crippen LogP contribution in [0.3, 0.4) is 0 Å². The highest BCUT2D eigenvalue weighted by molar-refractivity contribution is 4.89. The van der Waals surface area contributed by atoms with E-state index < -0.39 is 50.1 Å². The SMILES string of the molecule is CC(F)(F)C(C)(F)OC(F)(F)C(F)(F)C(F)(F)OC(F)(F)F. The molecule has 0 spiro atoms. The van der Waals surface area contributed by atoms with Gasteiger partial charge in [-0.15, -0.1) is 13.2 Å². The fraction of sp³-hybridized carbons (Fsp3) is 1.00. The van der Waals surface area contributed by atoms with Gasteiger partial charge < -0.3 is 0 Å². The predicted molar refractivity (Wildman–Crippen MR) is 43.2 cm³/mol. The van der Waals surface area contributed by atoms with E-state index in [1.807, 2.05) is 0 Å². The lowest BCUT2D eigenvalue weighted by Gasteiger charge is -2.36. The maximum atomic E-state index is 13.1. The summed E-state index contributed by atoms with van der Waals surface area (Å²) in [5.74, 6) is -16.9. The second-order valence-electron chi connectivity index (χ2n) is 4.06. The first kappa shape index (κ1) is 21.1. The van der Waals surface area contributed by atoms with Crippen molar-refractivity contribution in [1.82, 2.24) is 0 Å². The minimum absolute atomic E-state index is 0.425. The molecular weight excluding hydrogens is 356 g/mol. The summed E-state index contributed by atoms with van der Waals surface area (Å²) in [5.41, 5.74) is 0. The van der Waals surface area contributed by atoms with E-state index in [0.29, 0.717) is 0 Å². The Morgan fingerprint density at radius 3 is 1.14 bits per heavy atom. The van der Waals surface area contributed by atoms with Gasteiger partial charge in [0.25, 0.3) is 5.85 Å². The molecule has 0 aromatic heterocycles. The third-order valence-corrected chi connectivity index (χ3v) is 2.08. The Balaban J connectivity index is 5.59. The molecule has 0 aliphatic carbocycles. The van der Waals surface area contributed by atoms with Crippen LogP contribution in [-0.4, -0.2) is 36.3 Å². The zero-order valence-electron chi connectivity index (χ0n) is 10.4. The largest absolute Gasteiger partial charge is 0.527 e. The molecule has 14 heteroatoms. The Bertz CT molecular complexity index is 393. The highest BCUT2D eigenvalue weighted by Crippen LogP contribution is 2.51. The van der Waals surface area contributed by atoms with E-state index in [1.165, 1.54) is 4.74 Å². The van der Waals surface area contributed by atoms with Crippen molar-refractivity contribution in [2.75, 3.05) is 0 Å². The summed E-state index contributed by atoms with van der Waals surface area (Å²) < 4.78 is 153. The fourth-order valence-electron chi connectivity index (χ4n) is 0.773. The van der Waals surface area contributed by atoms with Gasteiger partial charge in [-0.3, -0.25) is 4.74 Å². The molecule has 0 aromatic carbocycles. The maximum Gasteiger partial charge on any atom is 0.527 e. The van der Waals surface area contributed by atoms with E-state index in [2.05, 4.69) is 4.74 Å². The molecule has 0 amide bonds. The van der Waals surface area contributed by atoms with Crippen LogP contribution in [0.15, 0.2) is 0 Å². The summed E-state index contributed by atoms with van der Waals surface area (Å²) in [7, 11) is 0. The number of hydrogen-bond acceptors (Lipinski definition) is 2. The first-order valence-electron chi connectivity index (χ1n) is 4.83. The van der Waals surface area contributed by atoms with Crippen molar-refractivity contribution < 1.29 is 62.2 Å². The van der Waals surface area contributed by atoms with Gasteiger partial charge in [0.15, 0.2) is 0 Å². The van der Waals surface area contributed by atoms with Crippen molar-refractivity contribution in [2.45, 2.75) is 50.1 Å². The molecule has 0 radical (unpaired) electrons. The summed E-state index contributed by atoms with van der Waals surface area (Å²) in [4.78, 5) is 0. The van der Waals surface area contributed by atoms with Gasteiger partial charge in [-0.2, -0.15) is 26.3 Å². The Morgan fingerprint density at radius 2 is 0.864 bits per heavy atom. The number of hydrogen-bond donors (Lipinski definition) is 0. The smallest absolute Gasteiger partial charge is 0.272 e. The molecule has 0 aromatic rings. The summed E-state index contributed by atoms with van der Waals surface area (Å²) in [6, 6.07) is 0. The topological polar surface area (TPSA) is 18.5 Å². The van der Waals surface area contributed by atoms with Gasteiger partial charge in [-0.05, 0) is 0 Å². The van der Waals surface area contributed by atoms with Crippen molar-refractivity contribution in [1.29, 1.82) is 0 Å². The molecule has 0 saturated heterocycles. The van der Waals surface area contributed by atoms with Crippen molar-refractivity contribution in [3.05, 3.63) is 0 Å². The second kappa shape index (κ2) is 5.32. The molecule has 0 heterocycles. The molecule has 0 N–H and O–H groups in total. The Labute approximate surface area is 114 Å². The quantitative estimate of drug-likeness (QED) is 0.638. The molecule has 0 bridgehead atoms. The third kappa shape index (κ3) is 4.30. The number of alkyl halides is 12. The van der Waals surface area contributed by atoms with E-state index >= 15 is 0 Å². The standard InChI is InChI=1S/C8H6F12O2/c1-3(9,10)4(2,11)21-6(14,15)5(12,13)7(16,17)22-8(18,19)20/h1-2H3. The molecular formula is C8H6F12O2. The molecule has 134 valence electrons. The molecule has 0 aliphatic heterocycles. The minimum atomic E-state index is -7.13. The van der Waals surface area contributed by atoms with Gasteiger partial charge in [0.05, 0.1) is 0 Å². The first-order valence-corrected chi connectivity index (χ1v) is 4.83. The van der Waals surface area contributed by atoms with Crippen LogP contribution in [0.1, 0.15) is 13.8 Å². The van der Waals surface area contributed by atoms with Crippen LogP contribution < -0.4 is 0 Å². The van der Waals surface area contributed by atoms with Crippen molar-refractivity contribution >= 4 is 0 Å². The van der Waals surface area contributed by atoms with Crippen LogP contribution in [0, 0.1) is 0 Å². The summed E-state index contributed by atoms with van der Waals surface area (Å²) >= 11 is 0. The Kier molecular flexibility index (Phi) is 5.09. The van der Waals surface area contributed by atoms with E-state index in [9.17, 15) is 52.7 Å². The van der Waals surface area contributed by atoms with E-state index in [-0.39, 0.29) is 0 Å². The van der Waals surface area contributed by atoms with Crippen LogP contribution >= 0.6 is 0 Å². The molecule has 1 unspecified atom stereocenters. The summed E-state index contributed by atoms with van der Waals surface area (Å²) in [5, 5.41) is 0. The highest BCUT2D eigenvalue weighted by Gasteiger charge is 2.78. The van der Waals surface area contributed by atoms with Gasteiger partial charge in [-0.1, -0.05) is 0 Å². The lowest BCUT2D eigenvalue weighted by atomic mass is 10.2. The average molecular weight is 362 g/mol. The molecule has 1 atom stereocenters. The van der Waals surface area contributed by atoms with Gasteiger partial charge in [0.1, 0.15) is 0 Å². The fourth-order valence-corrected chi connectivity index (χ4v) is 0.773. The van der Waals surface area contributed by atoms with Crippen molar-refractivity contribution in [3.63, 3.8) is 0 Å². The molecule has 0 saturated carbocycles. The predicted octanol–water partition coefficient (Wildman–Crippen LogP) is 4.70. The Morgan fingerprint density at radius 1 is 0.545 bits per heavy atom. The van der Waals surface area contributed by atoms with Crippen LogP contribution in [0.25, 0.3) is 0 Å². The normalized spacial score (nSPS) is 18.3. The van der Waals surface area contributed by atoms with Crippen LogP contribution in [0.2, 0.25) is 0 Å². The lowest BCUT2D eigenvalue weighted by Crippen LogP contribution is -2.61. The van der Waals surface area contributed by atoms with E-state index in [1.54, 1.807) is 0 Å². The average Bonchev–Trinajstić information content (AvgIpc) is 2.08. The zero-order chi connectivity index (χ0) is 18.4. The molecule has 2 nitrogen and oxygen atoms in total. The van der Waals surface area contributed by atoms with Crippen molar-refractivity contribution in [3.8, 4) is 0 Å². The van der Waals surface area contributed by atoms with Crippen LogP contribution in [-0.2, 0) is 9.47 Å². The molecule has 0 fully saturated rings. The summed E-state index contributed by atoms with van der Waals surface area (Å²) in [6.07, 6.45) is -20.2. The summed E-state index contributed by atoms with van der Waals surface area (Å²) in [6.45, 7) is -0.939. The molecule has 0 aliphatic rings. The monoisotopic (exact) mass is 362 g/mol. The van der Waals surface area contributed by atoms with Gasteiger partial charge in [-0.25, -0.2) is 17.9 Å². The number of rotatable bonds is 6. The third-order valence-electron chi connectivity index (χ3n) is 2.08. The first-order chi connectivity index (χ1) is 9.16. The second-order valence-corrected chi connectivity index (χ2v) is 4.06. The lowest BCUT2D eigenvalue weighted by molar-refractivity contribution is -0.522. The molecule has 22 heavy (non-hydrogen) atoms. The Hall–Kier alpha value is -0.920. The van der Waals surface area contributed by atoms with Crippen LogP contribution in [0.4, 0.5) is 52.7 Å². The number of ether oxygens (including phenoxy) is 2. The van der Waals surface area contributed by atoms with E-state index in [0.717, 1.165) is 0 Å². The number of halogens is 12. The van der Waals surface area contributed by atoms with Gasteiger partial charge >= 0.3 is 30.4 Å².